The van der Waals surface area contributed by atoms with E-state index in [0.717, 1.165) is 38.0 Å². The molecule has 0 aliphatic heterocycles. The third-order valence-corrected chi connectivity index (χ3v) is 6.71. The molecular weight excluding hydrogens is 386 g/mol. The number of thiazole rings is 2. The van der Waals surface area contributed by atoms with E-state index in [2.05, 4.69) is 24.0 Å². The zero-order chi connectivity index (χ0) is 19.7. The van der Waals surface area contributed by atoms with Crippen LogP contribution in [0.4, 0.5) is 5.13 Å². The lowest BCUT2D eigenvalue weighted by Gasteiger charge is -2.19. The van der Waals surface area contributed by atoms with Crippen LogP contribution in [0.2, 0.25) is 0 Å². The molecule has 0 saturated heterocycles. The molecule has 0 radical (unpaired) electrons. The van der Waals surface area contributed by atoms with Crippen molar-refractivity contribution in [2.75, 3.05) is 4.90 Å². The molecule has 0 spiro atoms. The van der Waals surface area contributed by atoms with Gasteiger partial charge in [0.1, 0.15) is 4.88 Å². The van der Waals surface area contributed by atoms with Crippen molar-refractivity contribution in [3.63, 3.8) is 0 Å². The summed E-state index contributed by atoms with van der Waals surface area (Å²) in [6.07, 6.45) is 0.981. The maximum absolute atomic E-state index is 13.4. The lowest BCUT2D eigenvalue weighted by molar-refractivity contribution is 0.0988. The lowest BCUT2D eigenvalue weighted by Crippen LogP contribution is -2.30. The van der Waals surface area contributed by atoms with E-state index in [-0.39, 0.29) is 5.91 Å². The number of nitrogens with zero attached hydrogens (tertiary/aromatic N) is 3. The number of anilines is 1. The average molecular weight is 408 g/mol. The normalized spacial score (nSPS) is 11.1. The van der Waals surface area contributed by atoms with E-state index in [1.54, 1.807) is 16.2 Å². The Morgan fingerprint density at radius 3 is 2.46 bits per heavy atom. The van der Waals surface area contributed by atoms with Gasteiger partial charge in [-0.15, -0.1) is 11.3 Å². The lowest BCUT2D eigenvalue weighted by atomic mass is 10.2. The van der Waals surface area contributed by atoms with E-state index in [0.29, 0.717) is 11.4 Å². The van der Waals surface area contributed by atoms with Gasteiger partial charge < -0.3 is 0 Å². The summed E-state index contributed by atoms with van der Waals surface area (Å²) in [5, 5.41) is 1.62. The number of hydrogen-bond acceptors (Lipinski definition) is 5. The minimum absolute atomic E-state index is 0.0401. The van der Waals surface area contributed by atoms with E-state index < -0.39 is 0 Å². The molecule has 0 unspecified atom stereocenters. The van der Waals surface area contributed by atoms with Crippen molar-refractivity contribution < 1.29 is 4.79 Å². The molecule has 4 aromatic rings. The fraction of sp³-hybridized carbons (Fsp3) is 0.227. The van der Waals surface area contributed by atoms with Crippen LogP contribution in [0.15, 0.2) is 48.5 Å². The predicted octanol–water partition coefficient (Wildman–Crippen LogP) is 5.78. The Kier molecular flexibility index (Phi) is 5.24. The minimum atomic E-state index is -0.0401. The molecule has 0 bridgehead atoms. The van der Waals surface area contributed by atoms with Crippen molar-refractivity contribution in [2.45, 2.75) is 33.7 Å². The fourth-order valence-corrected chi connectivity index (χ4v) is 5.03. The number of carbonyl (C=O) groups is 1. The van der Waals surface area contributed by atoms with Crippen molar-refractivity contribution in [3.8, 4) is 0 Å². The van der Waals surface area contributed by atoms with Crippen LogP contribution in [0.1, 0.15) is 38.4 Å². The number of aromatic nitrogens is 2. The highest BCUT2D eigenvalue weighted by molar-refractivity contribution is 7.22. The van der Waals surface area contributed by atoms with Gasteiger partial charge in [-0.3, -0.25) is 9.69 Å². The number of benzene rings is 2. The largest absolute Gasteiger partial charge is 0.279 e. The summed E-state index contributed by atoms with van der Waals surface area (Å²) < 4.78 is 1.11. The van der Waals surface area contributed by atoms with Crippen LogP contribution in [0.3, 0.4) is 0 Å². The second-order valence-electron chi connectivity index (χ2n) is 6.68. The van der Waals surface area contributed by atoms with Gasteiger partial charge in [0.15, 0.2) is 5.13 Å². The monoisotopic (exact) mass is 407 g/mol. The van der Waals surface area contributed by atoms with Gasteiger partial charge >= 0.3 is 0 Å². The molecule has 6 heteroatoms. The smallest absolute Gasteiger partial charge is 0.272 e. The molecule has 0 aliphatic rings. The van der Waals surface area contributed by atoms with Gasteiger partial charge in [-0.2, -0.15) is 0 Å². The number of carbonyl (C=O) groups excluding carboxylic acids is 1. The SMILES string of the molecule is CCc1ccc2nc(N(Cc3ccccc3)C(=O)c3sc(C)nc3C)sc2c1. The number of aryl methyl sites for hydroxylation is 3. The average Bonchev–Trinajstić information content (AvgIpc) is 3.27. The Bertz CT molecular complexity index is 1130. The van der Waals surface area contributed by atoms with Crippen LogP contribution >= 0.6 is 22.7 Å². The molecule has 2 aromatic carbocycles. The number of amides is 1. The van der Waals surface area contributed by atoms with Gasteiger partial charge in [-0.25, -0.2) is 9.97 Å². The van der Waals surface area contributed by atoms with Gasteiger partial charge in [-0.1, -0.05) is 54.7 Å². The van der Waals surface area contributed by atoms with E-state index in [9.17, 15) is 4.79 Å². The summed E-state index contributed by atoms with van der Waals surface area (Å²) in [6.45, 7) is 6.45. The summed E-state index contributed by atoms with van der Waals surface area (Å²) in [7, 11) is 0. The van der Waals surface area contributed by atoms with Crippen LogP contribution in [0.5, 0.6) is 0 Å². The minimum Gasteiger partial charge on any atom is -0.279 e. The standard InChI is InChI=1S/C22H21N3OS2/c1-4-16-10-11-18-19(12-16)28-22(24-18)25(13-17-8-6-5-7-9-17)21(26)20-14(2)23-15(3)27-20/h5-12H,4,13H2,1-3H3. The molecule has 2 aromatic heterocycles. The predicted molar refractivity (Wildman–Crippen MR) is 118 cm³/mol. The van der Waals surface area contributed by atoms with Crippen molar-refractivity contribution in [3.05, 3.63) is 75.2 Å². The third-order valence-electron chi connectivity index (χ3n) is 4.61. The van der Waals surface area contributed by atoms with Crippen LogP contribution < -0.4 is 4.90 Å². The molecule has 1 amide bonds. The van der Waals surface area contributed by atoms with Crippen molar-refractivity contribution >= 4 is 43.9 Å². The molecule has 4 nitrogen and oxygen atoms in total. The Labute approximate surface area is 172 Å². The maximum atomic E-state index is 13.4. The molecule has 0 aliphatic carbocycles. The first-order valence-electron chi connectivity index (χ1n) is 9.24. The van der Waals surface area contributed by atoms with Gasteiger partial charge in [0.05, 0.1) is 27.5 Å². The van der Waals surface area contributed by atoms with Gasteiger partial charge in [0.2, 0.25) is 0 Å². The number of hydrogen-bond donors (Lipinski definition) is 0. The molecule has 0 fully saturated rings. The molecule has 4 rings (SSSR count). The quantitative estimate of drug-likeness (QED) is 0.421. The molecule has 28 heavy (non-hydrogen) atoms. The first-order valence-corrected chi connectivity index (χ1v) is 10.9. The second kappa shape index (κ2) is 7.81. The highest BCUT2D eigenvalue weighted by Crippen LogP contribution is 2.32. The molecule has 0 atom stereocenters. The molecule has 142 valence electrons. The highest BCUT2D eigenvalue weighted by Gasteiger charge is 2.25. The maximum Gasteiger partial charge on any atom is 0.272 e. The topological polar surface area (TPSA) is 46.1 Å². The van der Waals surface area contributed by atoms with Crippen molar-refractivity contribution in [1.82, 2.24) is 9.97 Å². The third kappa shape index (κ3) is 3.70. The molecule has 0 N–H and O–H groups in total. The Balaban J connectivity index is 1.78. The van der Waals surface area contributed by atoms with E-state index >= 15 is 0 Å². The van der Waals surface area contributed by atoms with Crippen LogP contribution in [0, 0.1) is 13.8 Å². The first-order chi connectivity index (χ1) is 13.5. The molecule has 0 saturated carbocycles. The second-order valence-corrected chi connectivity index (χ2v) is 8.89. The van der Waals surface area contributed by atoms with Crippen LogP contribution in [0.25, 0.3) is 10.2 Å². The highest BCUT2D eigenvalue weighted by atomic mass is 32.1. The number of fused-ring (bicyclic) bond motifs is 1. The zero-order valence-corrected chi connectivity index (χ0v) is 17.7. The van der Waals surface area contributed by atoms with Crippen molar-refractivity contribution in [1.29, 1.82) is 0 Å². The summed E-state index contributed by atoms with van der Waals surface area (Å²) in [5.41, 5.74) is 4.06. The summed E-state index contributed by atoms with van der Waals surface area (Å²) in [5.74, 6) is -0.0401. The van der Waals surface area contributed by atoms with Gasteiger partial charge in [-0.05, 0) is 43.5 Å². The number of rotatable bonds is 5. The van der Waals surface area contributed by atoms with Crippen LogP contribution in [-0.4, -0.2) is 15.9 Å². The molecule has 2 heterocycles. The fourth-order valence-electron chi connectivity index (χ4n) is 3.14. The summed E-state index contributed by atoms with van der Waals surface area (Å²) >= 11 is 3.01. The molecular formula is C22H21N3OS2. The zero-order valence-electron chi connectivity index (χ0n) is 16.1. The summed E-state index contributed by atoms with van der Waals surface area (Å²) in [6, 6.07) is 16.4. The van der Waals surface area contributed by atoms with E-state index in [1.807, 2.05) is 50.2 Å². The van der Waals surface area contributed by atoms with Crippen LogP contribution in [-0.2, 0) is 13.0 Å². The van der Waals surface area contributed by atoms with E-state index in [1.165, 1.54) is 16.9 Å². The summed E-state index contributed by atoms with van der Waals surface area (Å²) in [4.78, 5) is 25.1. The first kappa shape index (κ1) is 18.8. The van der Waals surface area contributed by atoms with Gasteiger partial charge in [0.25, 0.3) is 5.91 Å². The van der Waals surface area contributed by atoms with E-state index in [4.69, 9.17) is 4.98 Å². The van der Waals surface area contributed by atoms with Gasteiger partial charge in [0, 0.05) is 0 Å². The Morgan fingerprint density at radius 1 is 1.00 bits per heavy atom. The van der Waals surface area contributed by atoms with Crippen molar-refractivity contribution in [2.24, 2.45) is 0 Å². The Hall–Kier alpha value is -2.57. The Morgan fingerprint density at radius 2 is 1.79 bits per heavy atom.